The van der Waals surface area contributed by atoms with Gasteiger partial charge in [-0.1, -0.05) is 26.7 Å². The van der Waals surface area contributed by atoms with Crippen LogP contribution in [0.15, 0.2) is 0 Å². The highest BCUT2D eigenvalue weighted by Gasteiger charge is 1.95. The summed E-state index contributed by atoms with van der Waals surface area (Å²) in [6.45, 7) is 13.2. The van der Waals surface area contributed by atoms with E-state index in [4.69, 9.17) is 14.2 Å². The van der Waals surface area contributed by atoms with Crippen molar-refractivity contribution in [2.45, 2.75) is 65.5 Å². The van der Waals surface area contributed by atoms with Crippen LogP contribution < -0.4 is 5.32 Å². The molecule has 0 aromatic rings. The van der Waals surface area contributed by atoms with E-state index in [0.29, 0.717) is 25.4 Å². The van der Waals surface area contributed by atoms with E-state index >= 15 is 0 Å². The second-order valence-electron chi connectivity index (χ2n) is 5.67. The summed E-state index contributed by atoms with van der Waals surface area (Å²) in [6, 6.07) is 0.529. The molecule has 124 valence electrons. The standard InChI is InChI=1S/C16H35NO3.H2/c1-15(2)17-9-12-19-14-13-18-10-7-5-6-8-11-20-16(3)4;/h15-17H,5-14H2,1-4H3;1H. The largest absolute Gasteiger partial charge is 0.379 e. The molecule has 4 nitrogen and oxygen atoms in total. The first-order valence-corrected chi connectivity index (χ1v) is 8.13. The zero-order valence-corrected chi connectivity index (χ0v) is 14.0. The third-order valence-corrected chi connectivity index (χ3v) is 2.81. The van der Waals surface area contributed by atoms with E-state index in [1.54, 1.807) is 0 Å². The average Bonchev–Trinajstić information content (AvgIpc) is 2.38. The molecule has 0 atom stereocenters. The van der Waals surface area contributed by atoms with Gasteiger partial charge in [-0.25, -0.2) is 0 Å². The maximum Gasteiger partial charge on any atom is 0.0701 e. The van der Waals surface area contributed by atoms with Gasteiger partial charge in [-0.05, 0) is 26.7 Å². The van der Waals surface area contributed by atoms with Crippen LogP contribution in [0.4, 0.5) is 0 Å². The van der Waals surface area contributed by atoms with Crippen molar-refractivity contribution in [2.24, 2.45) is 0 Å². The van der Waals surface area contributed by atoms with Gasteiger partial charge in [0, 0.05) is 27.2 Å². The van der Waals surface area contributed by atoms with E-state index in [2.05, 4.69) is 33.0 Å². The summed E-state index contributed by atoms with van der Waals surface area (Å²) in [5, 5.41) is 3.31. The molecule has 20 heavy (non-hydrogen) atoms. The van der Waals surface area contributed by atoms with Crippen LogP contribution in [-0.2, 0) is 14.2 Å². The molecule has 0 bridgehead atoms. The van der Waals surface area contributed by atoms with E-state index in [0.717, 1.165) is 39.2 Å². The van der Waals surface area contributed by atoms with E-state index < -0.39 is 0 Å². The molecule has 0 rings (SSSR count). The highest BCUT2D eigenvalue weighted by Crippen LogP contribution is 2.01. The summed E-state index contributed by atoms with van der Waals surface area (Å²) in [5.74, 6) is 0. The van der Waals surface area contributed by atoms with E-state index in [1.165, 1.54) is 12.8 Å². The summed E-state index contributed by atoms with van der Waals surface area (Å²) < 4.78 is 16.5. The van der Waals surface area contributed by atoms with Gasteiger partial charge >= 0.3 is 0 Å². The number of ether oxygens (including phenoxy) is 3. The Hall–Kier alpha value is -0.160. The van der Waals surface area contributed by atoms with Gasteiger partial charge < -0.3 is 19.5 Å². The second-order valence-corrected chi connectivity index (χ2v) is 5.67. The summed E-state index contributed by atoms with van der Waals surface area (Å²) in [7, 11) is 0. The summed E-state index contributed by atoms with van der Waals surface area (Å²) in [6.07, 6.45) is 5.10. The van der Waals surface area contributed by atoms with E-state index in [9.17, 15) is 0 Å². The number of nitrogens with one attached hydrogen (secondary N) is 1. The van der Waals surface area contributed by atoms with Crippen LogP contribution in [0.5, 0.6) is 0 Å². The van der Waals surface area contributed by atoms with Gasteiger partial charge in [0.1, 0.15) is 0 Å². The maximum atomic E-state index is 5.53. The predicted molar refractivity (Wildman–Crippen MR) is 86.4 cm³/mol. The Kier molecular flexibility index (Phi) is 15.1. The van der Waals surface area contributed by atoms with Gasteiger partial charge in [0.25, 0.3) is 0 Å². The Bertz CT molecular complexity index is 172. The van der Waals surface area contributed by atoms with Gasteiger partial charge in [-0.2, -0.15) is 0 Å². The molecule has 4 heteroatoms. The lowest BCUT2D eigenvalue weighted by Gasteiger charge is -2.09. The topological polar surface area (TPSA) is 39.7 Å². The van der Waals surface area contributed by atoms with Crippen molar-refractivity contribution in [1.82, 2.24) is 5.32 Å². The zero-order valence-electron chi connectivity index (χ0n) is 14.0. The molecule has 0 aliphatic rings. The fourth-order valence-corrected chi connectivity index (χ4v) is 1.72. The molecule has 0 aliphatic heterocycles. The SMILES string of the molecule is CC(C)NCCOCCOCCCCCCOC(C)C.[HH]. The minimum Gasteiger partial charge on any atom is -0.379 e. The highest BCUT2D eigenvalue weighted by atomic mass is 16.5. The highest BCUT2D eigenvalue weighted by molar-refractivity contribution is 4.50. The first-order valence-electron chi connectivity index (χ1n) is 8.13. The lowest BCUT2D eigenvalue weighted by molar-refractivity contribution is 0.0462. The van der Waals surface area contributed by atoms with Crippen molar-refractivity contribution in [2.75, 3.05) is 39.6 Å². The monoisotopic (exact) mass is 291 g/mol. The van der Waals surface area contributed by atoms with Crippen molar-refractivity contribution in [3.8, 4) is 0 Å². The van der Waals surface area contributed by atoms with Gasteiger partial charge in [-0.15, -0.1) is 0 Å². The van der Waals surface area contributed by atoms with Crippen LogP contribution in [0.25, 0.3) is 0 Å². The first kappa shape index (κ1) is 19.8. The fourth-order valence-electron chi connectivity index (χ4n) is 1.72. The van der Waals surface area contributed by atoms with Crippen molar-refractivity contribution in [1.29, 1.82) is 0 Å². The minimum absolute atomic E-state index is 0. The Labute approximate surface area is 127 Å². The zero-order chi connectivity index (χ0) is 15.1. The molecule has 0 saturated heterocycles. The third kappa shape index (κ3) is 17.8. The van der Waals surface area contributed by atoms with Crippen LogP contribution in [-0.4, -0.2) is 51.7 Å². The molecule has 0 heterocycles. The summed E-state index contributed by atoms with van der Waals surface area (Å²) >= 11 is 0. The van der Waals surface area contributed by atoms with Crippen molar-refractivity contribution in [3.63, 3.8) is 0 Å². The number of hydrogen-bond donors (Lipinski definition) is 1. The van der Waals surface area contributed by atoms with Crippen LogP contribution in [0.3, 0.4) is 0 Å². The molecule has 1 N–H and O–H groups in total. The van der Waals surface area contributed by atoms with Crippen molar-refractivity contribution < 1.29 is 15.6 Å². The molecular weight excluding hydrogens is 254 g/mol. The smallest absolute Gasteiger partial charge is 0.0701 e. The Morgan fingerprint density at radius 3 is 1.95 bits per heavy atom. The molecule has 0 amide bonds. The molecule has 0 fully saturated rings. The van der Waals surface area contributed by atoms with Crippen molar-refractivity contribution in [3.05, 3.63) is 0 Å². The number of hydrogen-bond acceptors (Lipinski definition) is 4. The molecule has 0 radical (unpaired) electrons. The van der Waals surface area contributed by atoms with Gasteiger partial charge in [0.2, 0.25) is 0 Å². The lowest BCUT2D eigenvalue weighted by Crippen LogP contribution is -2.27. The quantitative estimate of drug-likeness (QED) is 0.470. The second kappa shape index (κ2) is 15.2. The normalized spacial score (nSPS) is 11.7. The summed E-state index contributed by atoms with van der Waals surface area (Å²) in [5.41, 5.74) is 0. The van der Waals surface area contributed by atoms with Crippen LogP contribution in [0.2, 0.25) is 0 Å². The number of rotatable bonds is 15. The van der Waals surface area contributed by atoms with Crippen LogP contribution in [0.1, 0.15) is 54.8 Å². The molecule has 0 saturated carbocycles. The predicted octanol–water partition coefficient (Wildman–Crippen LogP) is 3.25. The van der Waals surface area contributed by atoms with Crippen LogP contribution >= 0.6 is 0 Å². The molecule has 0 aromatic carbocycles. The van der Waals surface area contributed by atoms with Gasteiger partial charge in [-0.3, -0.25) is 0 Å². The fraction of sp³-hybridized carbons (Fsp3) is 1.00. The minimum atomic E-state index is 0. The first-order chi connectivity index (χ1) is 9.63. The molecule has 0 unspecified atom stereocenters. The Morgan fingerprint density at radius 2 is 1.35 bits per heavy atom. The Morgan fingerprint density at radius 1 is 0.750 bits per heavy atom. The molecular formula is C16H37NO3. The molecule has 0 aromatic heterocycles. The Balaban J connectivity index is 0. The van der Waals surface area contributed by atoms with E-state index in [1.807, 2.05) is 0 Å². The third-order valence-electron chi connectivity index (χ3n) is 2.81. The summed E-state index contributed by atoms with van der Waals surface area (Å²) in [4.78, 5) is 0. The average molecular weight is 291 g/mol. The van der Waals surface area contributed by atoms with Crippen molar-refractivity contribution >= 4 is 0 Å². The van der Waals surface area contributed by atoms with Crippen LogP contribution in [0, 0.1) is 0 Å². The lowest BCUT2D eigenvalue weighted by atomic mass is 10.2. The van der Waals surface area contributed by atoms with E-state index in [-0.39, 0.29) is 1.43 Å². The molecule has 0 aliphatic carbocycles. The maximum absolute atomic E-state index is 5.53. The van der Waals surface area contributed by atoms with Gasteiger partial charge in [0.05, 0.1) is 25.9 Å². The molecule has 0 spiro atoms. The number of unbranched alkanes of at least 4 members (excludes halogenated alkanes) is 3. The van der Waals surface area contributed by atoms with Gasteiger partial charge in [0.15, 0.2) is 0 Å².